The molecule has 39 heavy (non-hydrogen) atoms. The highest BCUT2D eigenvalue weighted by Crippen LogP contribution is 2.41. The molecule has 3 aromatic rings. The minimum Gasteiger partial charge on any atom is -0.475 e. The van der Waals surface area contributed by atoms with Crippen molar-refractivity contribution in [3.8, 4) is 17.3 Å². The van der Waals surface area contributed by atoms with Crippen LogP contribution >= 0.6 is 0 Å². The van der Waals surface area contributed by atoms with Crippen molar-refractivity contribution < 1.29 is 32.9 Å². The minimum atomic E-state index is -4.53. The first-order valence-corrected chi connectivity index (χ1v) is 12.3. The topological polar surface area (TPSA) is 137 Å². The van der Waals surface area contributed by atoms with Gasteiger partial charge < -0.3 is 19.8 Å². The van der Waals surface area contributed by atoms with Gasteiger partial charge in [0, 0.05) is 30.9 Å². The fourth-order valence-electron chi connectivity index (χ4n) is 4.73. The van der Waals surface area contributed by atoms with Crippen LogP contribution in [0.4, 0.5) is 35.4 Å². The van der Waals surface area contributed by atoms with E-state index in [1.165, 1.54) is 29.3 Å². The minimum absolute atomic E-state index is 0.0559. The molecule has 4 heterocycles. The molecule has 2 aromatic heterocycles. The summed E-state index contributed by atoms with van der Waals surface area (Å²) in [7, 11) is 0. The van der Waals surface area contributed by atoms with Crippen molar-refractivity contribution in [3.63, 3.8) is 0 Å². The third kappa shape index (κ3) is 5.56. The lowest BCUT2D eigenvalue weighted by Gasteiger charge is -2.46. The zero-order valence-corrected chi connectivity index (χ0v) is 20.9. The van der Waals surface area contributed by atoms with Gasteiger partial charge in [0.25, 0.3) is 0 Å². The van der Waals surface area contributed by atoms with Gasteiger partial charge in [-0.05, 0) is 31.9 Å². The number of carbonyl (C=O) groups excluding carboxylic acids is 1. The number of fused-ring (bicyclic) bond motifs is 4. The maximum atomic E-state index is 13.6. The molecule has 2 aliphatic rings. The molecule has 0 spiro atoms. The molecule has 0 aliphatic carbocycles. The number of aliphatic hydroxyl groups excluding tert-OH is 2. The predicted molar refractivity (Wildman–Crippen MR) is 135 cm³/mol. The first-order chi connectivity index (χ1) is 18.6. The molecular weight excluding hydrogens is 519 g/mol. The number of alkyl halides is 3. The van der Waals surface area contributed by atoms with Gasteiger partial charge in [-0.3, -0.25) is 10.2 Å². The lowest BCUT2D eigenvalue weighted by Crippen LogP contribution is -2.56. The van der Waals surface area contributed by atoms with E-state index in [2.05, 4.69) is 30.2 Å². The van der Waals surface area contributed by atoms with Crippen LogP contribution in [0.5, 0.6) is 5.88 Å². The Hall–Kier alpha value is -4.04. The monoisotopic (exact) mass is 545 g/mol. The first kappa shape index (κ1) is 26.6. The van der Waals surface area contributed by atoms with Crippen LogP contribution in [0, 0.1) is 6.92 Å². The predicted octanol–water partition coefficient (Wildman–Crippen LogP) is 3.01. The number of halogens is 3. The number of aromatic nitrogens is 4. The third-order valence-electron chi connectivity index (χ3n) is 6.50. The largest absolute Gasteiger partial charge is 0.475 e. The molecule has 2 amide bonds. The Morgan fingerprint density at radius 1 is 1.26 bits per heavy atom. The Morgan fingerprint density at radius 3 is 2.85 bits per heavy atom. The van der Waals surface area contributed by atoms with E-state index in [0.717, 1.165) is 25.1 Å². The summed E-state index contributed by atoms with van der Waals surface area (Å²) in [4.78, 5) is 34.5. The van der Waals surface area contributed by atoms with Crippen molar-refractivity contribution >= 4 is 23.5 Å². The molecule has 14 heteroatoms. The summed E-state index contributed by atoms with van der Waals surface area (Å²) in [5, 5.41) is 21.1. The molecule has 1 fully saturated rings. The maximum Gasteiger partial charge on any atom is 0.416 e. The number of carbonyl (C=O) groups is 1. The van der Waals surface area contributed by atoms with E-state index in [9.17, 15) is 23.1 Å². The number of aryl methyl sites for hydroxylation is 1. The zero-order chi connectivity index (χ0) is 27.7. The normalized spacial score (nSPS) is 17.4. The zero-order valence-electron chi connectivity index (χ0n) is 20.9. The van der Waals surface area contributed by atoms with Crippen molar-refractivity contribution in [1.29, 1.82) is 0 Å². The van der Waals surface area contributed by atoms with E-state index in [-0.39, 0.29) is 35.9 Å². The van der Waals surface area contributed by atoms with Gasteiger partial charge in [0.1, 0.15) is 18.4 Å². The maximum absolute atomic E-state index is 13.6. The molecule has 1 saturated heterocycles. The average molecular weight is 546 g/mol. The van der Waals surface area contributed by atoms with E-state index in [1.54, 1.807) is 6.92 Å². The molecule has 2 aliphatic heterocycles. The van der Waals surface area contributed by atoms with Gasteiger partial charge in [-0.25, -0.2) is 19.7 Å². The third-order valence-corrected chi connectivity index (χ3v) is 6.50. The molecule has 11 nitrogen and oxygen atoms in total. The second-order valence-electron chi connectivity index (χ2n) is 9.29. The van der Waals surface area contributed by atoms with Crippen molar-refractivity contribution in [2.45, 2.75) is 38.1 Å². The lowest BCUT2D eigenvalue weighted by atomic mass is 9.99. The Balaban J connectivity index is 1.48. The second kappa shape index (κ2) is 10.6. The molecule has 3 N–H and O–H groups in total. The van der Waals surface area contributed by atoms with E-state index in [1.807, 2.05) is 0 Å². The number of piperidine rings is 1. The average Bonchev–Trinajstić information content (AvgIpc) is 2.91. The number of nitrogens with zero attached hydrogens (tertiary/aromatic N) is 6. The quantitative estimate of drug-likeness (QED) is 0.427. The van der Waals surface area contributed by atoms with Crippen molar-refractivity contribution in [3.05, 3.63) is 47.8 Å². The van der Waals surface area contributed by atoms with E-state index >= 15 is 0 Å². The molecule has 0 radical (unpaired) electrons. The highest BCUT2D eigenvalue weighted by atomic mass is 19.4. The molecule has 1 unspecified atom stereocenters. The fourth-order valence-corrected chi connectivity index (χ4v) is 4.73. The fraction of sp³-hybridized carbons (Fsp3) is 0.400. The number of amides is 2. The summed E-state index contributed by atoms with van der Waals surface area (Å²) >= 11 is 0. The Bertz CT molecular complexity index is 1370. The van der Waals surface area contributed by atoms with Crippen LogP contribution in [0.1, 0.15) is 24.1 Å². The van der Waals surface area contributed by atoms with Gasteiger partial charge in [0.2, 0.25) is 11.8 Å². The van der Waals surface area contributed by atoms with Gasteiger partial charge in [0.15, 0.2) is 11.6 Å². The SMILES string of the molecule is Cc1nc(-c2cccc(C(F)(F)F)c2)nc2c1N1CCC[C@@H](C1)N2C(=O)Nc1nccc(OCC(O)CO)n1. The Kier molecular flexibility index (Phi) is 7.23. The van der Waals surface area contributed by atoms with E-state index in [0.29, 0.717) is 30.2 Å². The van der Waals surface area contributed by atoms with Crippen LogP contribution in [0.2, 0.25) is 0 Å². The van der Waals surface area contributed by atoms with Crippen LogP contribution in [0.3, 0.4) is 0 Å². The van der Waals surface area contributed by atoms with Crippen LogP contribution in [0.15, 0.2) is 36.5 Å². The van der Waals surface area contributed by atoms with Gasteiger partial charge in [-0.2, -0.15) is 18.2 Å². The number of benzene rings is 1. The first-order valence-electron chi connectivity index (χ1n) is 12.3. The summed E-state index contributed by atoms with van der Waals surface area (Å²) in [5.41, 5.74) is 0.549. The summed E-state index contributed by atoms with van der Waals surface area (Å²) in [6.45, 7) is 2.36. The molecular formula is C25H26F3N7O4. The number of aliphatic hydroxyl groups is 2. The number of ether oxygens (including phenoxy) is 1. The molecule has 1 aromatic carbocycles. The number of nitrogens with one attached hydrogen (secondary N) is 1. The van der Waals surface area contributed by atoms with Crippen LogP contribution in [-0.4, -0.2) is 74.6 Å². The number of hydrogen-bond donors (Lipinski definition) is 3. The highest BCUT2D eigenvalue weighted by Gasteiger charge is 2.40. The molecule has 0 saturated carbocycles. The van der Waals surface area contributed by atoms with Crippen molar-refractivity contribution in [2.75, 3.05) is 41.4 Å². The Labute approximate surface area is 221 Å². The highest BCUT2D eigenvalue weighted by molar-refractivity contribution is 6.04. The summed E-state index contributed by atoms with van der Waals surface area (Å²) in [6, 6.07) is 5.39. The van der Waals surface area contributed by atoms with Crippen LogP contribution in [0.25, 0.3) is 11.4 Å². The number of urea groups is 1. The Morgan fingerprint density at radius 2 is 2.08 bits per heavy atom. The summed E-state index contributed by atoms with van der Waals surface area (Å²) in [5.74, 6) is 0.396. The van der Waals surface area contributed by atoms with Crippen LogP contribution in [-0.2, 0) is 6.18 Å². The van der Waals surface area contributed by atoms with Gasteiger partial charge in [0.05, 0.1) is 23.9 Å². The van der Waals surface area contributed by atoms with E-state index in [4.69, 9.17) is 9.84 Å². The second-order valence-corrected chi connectivity index (χ2v) is 9.29. The number of rotatable bonds is 6. The number of hydrogen-bond acceptors (Lipinski definition) is 9. The van der Waals surface area contributed by atoms with E-state index < -0.39 is 30.5 Å². The molecule has 5 rings (SSSR count). The molecule has 2 atom stereocenters. The summed E-state index contributed by atoms with van der Waals surface area (Å²) in [6.07, 6.45) is -2.72. The molecule has 206 valence electrons. The lowest BCUT2D eigenvalue weighted by molar-refractivity contribution is -0.137. The van der Waals surface area contributed by atoms with Crippen LogP contribution < -0.4 is 19.9 Å². The van der Waals surface area contributed by atoms with Crippen molar-refractivity contribution in [1.82, 2.24) is 19.9 Å². The van der Waals surface area contributed by atoms with Crippen molar-refractivity contribution in [2.24, 2.45) is 0 Å². The number of anilines is 3. The van der Waals surface area contributed by atoms with Gasteiger partial charge in [-0.15, -0.1) is 0 Å². The van der Waals surface area contributed by atoms with Gasteiger partial charge >= 0.3 is 12.2 Å². The smallest absolute Gasteiger partial charge is 0.416 e. The summed E-state index contributed by atoms with van der Waals surface area (Å²) < 4.78 is 45.4. The standard InChI is InChI=1S/C25H26F3N7O4/c1-14-20-22(32-21(30-14)15-4-2-5-16(10-15)25(26,27)28)35(17-6-3-9-34(20)11-17)24(38)33-23-29-8-7-19(31-23)39-13-18(37)12-36/h2,4-5,7-8,10,17-18,36-37H,3,6,9,11-13H2,1H3,(H,29,31,33,38)/t17-,18?/m0/s1. The molecule has 2 bridgehead atoms. The van der Waals surface area contributed by atoms with Gasteiger partial charge in [-0.1, -0.05) is 12.1 Å².